The van der Waals surface area contributed by atoms with Gasteiger partial charge in [0.25, 0.3) is 0 Å². The zero-order chi connectivity index (χ0) is 24.7. The zero-order valence-electron chi connectivity index (χ0n) is 20.2. The first-order valence-electron chi connectivity index (χ1n) is 12.3. The number of aliphatic imine (C=N–C) groups is 1. The number of nitrogens with two attached hydrogens (primary N) is 1. The second kappa shape index (κ2) is 9.12. The Labute approximate surface area is 213 Å². The van der Waals surface area contributed by atoms with Gasteiger partial charge in [-0.1, -0.05) is 0 Å². The molecular formula is C25H29N7O3S. The standard InChI is InChI=1S/C25H29N7O3S/c1-34-17-6-4-16(5-7-17)28-24(33)32-12-10-31(11-13-32)20-19-18(14-36-22(19)30-23(26)29-20)21-27-15-25(35-21)8-2-3-9-25/h4-7,14H,2-3,8-13,15H2,1H3,(H,28,33)(H2,26,29,30). The van der Waals surface area contributed by atoms with E-state index in [0.717, 1.165) is 45.9 Å². The highest BCUT2D eigenvalue weighted by Crippen LogP contribution is 2.41. The second-order valence-corrected chi connectivity index (χ2v) is 10.3. The molecule has 1 aliphatic carbocycles. The summed E-state index contributed by atoms with van der Waals surface area (Å²) in [6, 6.07) is 7.18. The summed E-state index contributed by atoms with van der Waals surface area (Å²) < 4.78 is 11.6. The Morgan fingerprint density at radius 3 is 2.61 bits per heavy atom. The molecule has 188 valence electrons. The molecule has 2 aromatic heterocycles. The van der Waals surface area contributed by atoms with Gasteiger partial charge in [0.15, 0.2) is 0 Å². The molecule has 2 aliphatic heterocycles. The van der Waals surface area contributed by atoms with Gasteiger partial charge < -0.3 is 30.3 Å². The lowest BCUT2D eigenvalue weighted by Crippen LogP contribution is -2.50. The Morgan fingerprint density at radius 2 is 1.89 bits per heavy atom. The number of anilines is 3. The Balaban J connectivity index is 1.18. The molecule has 3 aromatic rings. The van der Waals surface area contributed by atoms with Crippen molar-refractivity contribution >= 4 is 50.9 Å². The van der Waals surface area contributed by atoms with E-state index >= 15 is 0 Å². The Bertz CT molecular complexity index is 1310. The van der Waals surface area contributed by atoms with E-state index in [1.165, 1.54) is 24.2 Å². The minimum Gasteiger partial charge on any atom is -0.497 e. The van der Waals surface area contributed by atoms with Crippen LogP contribution in [-0.2, 0) is 4.74 Å². The van der Waals surface area contributed by atoms with Crippen LogP contribution in [0.15, 0.2) is 34.6 Å². The number of ether oxygens (including phenoxy) is 2. The number of methoxy groups -OCH3 is 1. The average molecular weight is 508 g/mol. The zero-order valence-corrected chi connectivity index (χ0v) is 21.0. The van der Waals surface area contributed by atoms with Crippen LogP contribution < -0.4 is 20.7 Å². The molecule has 1 aromatic carbocycles. The van der Waals surface area contributed by atoms with Crippen molar-refractivity contribution in [1.29, 1.82) is 0 Å². The van der Waals surface area contributed by atoms with Crippen LogP contribution in [0.4, 0.5) is 22.2 Å². The summed E-state index contributed by atoms with van der Waals surface area (Å²) >= 11 is 1.53. The summed E-state index contributed by atoms with van der Waals surface area (Å²) in [4.78, 5) is 31.5. The number of urea groups is 1. The maximum absolute atomic E-state index is 12.8. The minimum atomic E-state index is -0.138. The van der Waals surface area contributed by atoms with Gasteiger partial charge in [0, 0.05) is 37.2 Å². The molecule has 1 saturated carbocycles. The van der Waals surface area contributed by atoms with E-state index in [-0.39, 0.29) is 17.6 Å². The molecule has 10 nitrogen and oxygen atoms in total. The van der Waals surface area contributed by atoms with Gasteiger partial charge in [0.2, 0.25) is 11.8 Å². The van der Waals surface area contributed by atoms with Crippen LogP contribution in [0, 0.1) is 0 Å². The number of nitrogens with one attached hydrogen (secondary N) is 1. The fourth-order valence-corrected chi connectivity index (χ4v) is 6.14. The Kier molecular flexibility index (Phi) is 5.79. The third-order valence-corrected chi connectivity index (χ3v) is 8.08. The van der Waals surface area contributed by atoms with Gasteiger partial charge in [-0.15, -0.1) is 11.3 Å². The maximum atomic E-state index is 12.8. The van der Waals surface area contributed by atoms with E-state index < -0.39 is 0 Å². The number of rotatable bonds is 4. The maximum Gasteiger partial charge on any atom is 0.321 e. The fraction of sp³-hybridized carbons (Fsp3) is 0.440. The summed E-state index contributed by atoms with van der Waals surface area (Å²) in [5.74, 6) is 2.46. The van der Waals surface area contributed by atoms with Gasteiger partial charge in [0.1, 0.15) is 22.0 Å². The molecule has 0 unspecified atom stereocenters. The van der Waals surface area contributed by atoms with E-state index in [1.807, 2.05) is 34.5 Å². The van der Waals surface area contributed by atoms with E-state index in [4.69, 9.17) is 20.2 Å². The van der Waals surface area contributed by atoms with Crippen molar-refractivity contribution in [2.45, 2.75) is 31.3 Å². The number of carbonyl (C=O) groups is 1. The van der Waals surface area contributed by atoms with Crippen molar-refractivity contribution in [3.05, 3.63) is 35.2 Å². The number of nitrogens with zero attached hydrogens (tertiary/aromatic N) is 5. The third kappa shape index (κ3) is 4.17. The van der Waals surface area contributed by atoms with Gasteiger partial charge in [-0.25, -0.2) is 14.8 Å². The van der Waals surface area contributed by atoms with Crippen LogP contribution in [0.5, 0.6) is 5.75 Å². The molecule has 3 aliphatic rings. The quantitative estimate of drug-likeness (QED) is 0.552. The topological polar surface area (TPSA) is 118 Å². The van der Waals surface area contributed by atoms with Crippen molar-refractivity contribution in [1.82, 2.24) is 14.9 Å². The Morgan fingerprint density at radius 1 is 1.14 bits per heavy atom. The molecule has 2 fully saturated rings. The van der Waals surface area contributed by atoms with Crippen LogP contribution in [-0.4, -0.2) is 72.2 Å². The highest BCUT2D eigenvalue weighted by molar-refractivity contribution is 7.17. The number of fused-ring (bicyclic) bond motifs is 1. The number of aromatic nitrogens is 2. The van der Waals surface area contributed by atoms with Gasteiger partial charge in [-0.2, -0.15) is 4.98 Å². The van der Waals surface area contributed by atoms with Crippen molar-refractivity contribution in [3.63, 3.8) is 0 Å². The first-order valence-corrected chi connectivity index (χ1v) is 13.1. The number of hydrogen-bond donors (Lipinski definition) is 2. The van der Waals surface area contributed by atoms with Crippen LogP contribution >= 0.6 is 11.3 Å². The number of piperazine rings is 1. The molecular weight excluding hydrogens is 478 g/mol. The molecule has 2 amide bonds. The van der Waals surface area contributed by atoms with Crippen LogP contribution in [0.1, 0.15) is 31.2 Å². The van der Waals surface area contributed by atoms with Crippen molar-refractivity contribution in [2.24, 2.45) is 4.99 Å². The smallest absolute Gasteiger partial charge is 0.321 e. The van der Waals surface area contributed by atoms with Crippen LogP contribution in [0.3, 0.4) is 0 Å². The largest absolute Gasteiger partial charge is 0.497 e. The monoisotopic (exact) mass is 507 g/mol. The lowest BCUT2D eigenvalue weighted by Gasteiger charge is -2.35. The molecule has 0 bridgehead atoms. The van der Waals surface area contributed by atoms with Crippen molar-refractivity contribution < 1.29 is 14.3 Å². The summed E-state index contributed by atoms with van der Waals surface area (Å²) in [6.45, 7) is 3.11. The van der Waals surface area contributed by atoms with E-state index in [1.54, 1.807) is 7.11 Å². The molecule has 1 spiro atoms. The molecule has 36 heavy (non-hydrogen) atoms. The first kappa shape index (κ1) is 22.8. The highest BCUT2D eigenvalue weighted by atomic mass is 32.1. The molecule has 1 saturated heterocycles. The van der Waals surface area contributed by atoms with E-state index in [0.29, 0.717) is 38.6 Å². The predicted molar refractivity (Wildman–Crippen MR) is 141 cm³/mol. The number of carbonyl (C=O) groups excluding carboxylic acids is 1. The molecule has 4 heterocycles. The minimum absolute atomic E-state index is 0.126. The lowest BCUT2D eigenvalue weighted by atomic mass is 10.0. The van der Waals surface area contributed by atoms with E-state index in [9.17, 15) is 4.79 Å². The van der Waals surface area contributed by atoms with Gasteiger partial charge in [-0.05, 0) is 49.9 Å². The SMILES string of the molecule is COc1ccc(NC(=O)N2CCN(c3nc(N)nc4scc(C5=NCC6(CCCC6)O5)c34)CC2)cc1. The van der Waals surface area contributed by atoms with E-state index in [2.05, 4.69) is 20.2 Å². The second-order valence-electron chi connectivity index (χ2n) is 9.48. The van der Waals surface area contributed by atoms with Gasteiger partial charge in [-0.3, -0.25) is 0 Å². The van der Waals surface area contributed by atoms with Crippen molar-refractivity contribution in [2.75, 3.05) is 55.8 Å². The van der Waals surface area contributed by atoms with Gasteiger partial charge in [0.05, 0.1) is 24.6 Å². The first-order chi connectivity index (χ1) is 17.5. The number of amides is 2. The molecule has 0 atom stereocenters. The summed E-state index contributed by atoms with van der Waals surface area (Å²) in [5.41, 5.74) is 7.61. The fourth-order valence-electron chi connectivity index (χ4n) is 5.23. The molecule has 11 heteroatoms. The normalized spacial score (nSPS) is 19.0. The van der Waals surface area contributed by atoms with Crippen LogP contribution in [0.25, 0.3) is 10.2 Å². The molecule has 6 rings (SSSR count). The number of thiophene rings is 1. The summed E-state index contributed by atoms with van der Waals surface area (Å²) in [6.07, 6.45) is 4.49. The summed E-state index contributed by atoms with van der Waals surface area (Å²) in [5, 5.41) is 5.94. The summed E-state index contributed by atoms with van der Waals surface area (Å²) in [7, 11) is 1.62. The predicted octanol–water partition coefficient (Wildman–Crippen LogP) is 3.73. The number of nitrogen functional groups attached to an aromatic ring is 1. The Hall–Kier alpha value is -3.60. The molecule has 3 N–H and O–H groups in total. The lowest BCUT2D eigenvalue weighted by molar-refractivity contribution is 0.0965. The average Bonchev–Trinajstić information content (AvgIpc) is 3.64. The highest BCUT2D eigenvalue weighted by Gasteiger charge is 2.41. The molecule has 0 radical (unpaired) electrons. The van der Waals surface area contributed by atoms with Gasteiger partial charge >= 0.3 is 6.03 Å². The number of hydrogen-bond acceptors (Lipinski definition) is 9. The number of benzene rings is 1. The van der Waals surface area contributed by atoms with Crippen LogP contribution in [0.2, 0.25) is 0 Å². The van der Waals surface area contributed by atoms with Crippen molar-refractivity contribution in [3.8, 4) is 5.75 Å². The third-order valence-electron chi connectivity index (χ3n) is 7.21.